The largest absolute Gasteiger partial charge is 0.464 e. The van der Waals surface area contributed by atoms with Crippen molar-refractivity contribution in [3.8, 4) is 0 Å². The van der Waals surface area contributed by atoms with E-state index in [1.165, 1.54) is 7.11 Å². The summed E-state index contributed by atoms with van der Waals surface area (Å²) in [6, 6.07) is 5.33. The predicted octanol–water partition coefficient (Wildman–Crippen LogP) is 0.292. The third-order valence-electron chi connectivity index (χ3n) is 2.88. The monoisotopic (exact) mass is 236 g/mol. The van der Waals surface area contributed by atoms with Crippen molar-refractivity contribution in [1.82, 2.24) is 9.88 Å². The molecule has 1 saturated heterocycles. The number of esters is 1. The minimum atomic E-state index is -0.413. The fourth-order valence-corrected chi connectivity index (χ4v) is 1.94. The van der Waals surface area contributed by atoms with E-state index >= 15 is 0 Å². The number of nitrogens with zero attached hydrogens (tertiary/aromatic N) is 2. The molecule has 2 heterocycles. The van der Waals surface area contributed by atoms with Crippen LogP contribution in [0.15, 0.2) is 18.2 Å². The first kappa shape index (κ1) is 12.0. The van der Waals surface area contributed by atoms with Crippen LogP contribution in [0.5, 0.6) is 0 Å². The van der Waals surface area contributed by atoms with Gasteiger partial charge in [0.05, 0.1) is 12.8 Å². The summed E-state index contributed by atoms with van der Waals surface area (Å²) in [6.07, 6.45) is 0. The van der Waals surface area contributed by atoms with Crippen molar-refractivity contribution in [3.63, 3.8) is 0 Å². The summed E-state index contributed by atoms with van der Waals surface area (Å²) in [5.74, 6) is -0.0255. The van der Waals surface area contributed by atoms with Gasteiger partial charge < -0.3 is 9.84 Å². The zero-order chi connectivity index (χ0) is 12.3. The highest BCUT2D eigenvalue weighted by Crippen LogP contribution is 2.17. The summed E-state index contributed by atoms with van der Waals surface area (Å²) in [4.78, 5) is 17.7. The van der Waals surface area contributed by atoms with Crippen LogP contribution in [-0.4, -0.2) is 47.8 Å². The predicted molar refractivity (Wildman–Crippen MR) is 61.4 cm³/mol. The molecule has 17 heavy (non-hydrogen) atoms. The minimum Gasteiger partial charge on any atom is -0.464 e. The average molecular weight is 236 g/mol. The Labute approximate surface area is 100 Å². The third-order valence-corrected chi connectivity index (χ3v) is 2.88. The highest BCUT2D eigenvalue weighted by molar-refractivity contribution is 5.87. The molecule has 0 aromatic carbocycles. The van der Waals surface area contributed by atoms with Gasteiger partial charge in [-0.05, 0) is 12.1 Å². The quantitative estimate of drug-likeness (QED) is 0.761. The van der Waals surface area contributed by atoms with Gasteiger partial charge in [-0.1, -0.05) is 6.07 Å². The number of carbonyl (C=O) groups excluding carboxylic acids is 1. The molecule has 92 valence electrons. The maximum absolute atomic E-state index is 11.3. The molecule has 1 fully saturated rings. The van der Waals surface area contributed by atoms with E-state index in [0.717, 1.165) is 18.8 Å². The van der Waals surface area contributed by atoms with Crippen LogP contribution in [0, 0.1) is 5.92 Å². The van der Waals surface area contributed by atoms with Crippen molar-refractivity contribution >= 4 is 5.97 Å². The maximum Gasteiger partial charge on any atom is 0.356 e. The van der Waals surface area contributed by atoms with E-state index in [-0.39, 0.29) is 6.61 Å². The number of hydrogen-bond donors (Lipinski definition) is 1. The molecule has 1 aromatic rings. The van der Waals surface area contributed by atoms with E-state index in [0.29, 0.717) is 18.2 Å². The molecule has 0 saturated carbocycles. The molecule has 0 spiro atoms. The summed E-state index contributed by atoms with van der Waals surface area (Å²) in [5.41, 5.74) is 1.19. The van der Waals surface area contributed by atoms with Gasteiger partial charge in [0.15, 0.2) is 0 Å². The highest BCUT2D eigenvalue weighted by Gasteiger charge is 2.25. The van der Waals surface area contributed by atoms with E-state index in [1.54, 1.807) is 12.1 Å². The lowest BCUT2D eigenvalue weighted by molar-refractivity contribution is 0.0467. The van der Waals surface area contributed by atoms with Gasteiger partial charge in [0, 0.05) is 32.2 Å². The molecule has 1 aromatic heterocycles. The van der Waals surface area contributed by atoms with Crippen molar-refractivity contribution in [2.45, 2.75) is 6.54 Å². The molecular weight excluding hydrogens is 220 g/mol. The molecule has 1 aliphatic heterocycles. The fraction of sp³-hybridized carbons (Fsp3) is 0.500. The smallest absolute Gasteiger partial charge is 0.356 e. The Kier molecular flexibility index (Phi) is 3.71. The number of aliphatic hydroxyl groups is 1. The molecule has 5 heteroatoms. The van der Waals surface area contributed by atoms with Crippen molar-refractivity contribution in [1.29, 1.82) is 0 Å². The Hall–Kier alpha value is -1.46. The first-order valence-corrected chi connectivity index (χ1v) is 5.60. The summed E-state index contributed by atoms with van der Waals surface area (Å²) >= 11 is 0. The number of aliphatic hydroxyl groups excluding tert-OH is 1. The Morgan fingerprint density at radius 1 is 1.59 bits per heavy atom. The van der Waals surface area contributed by atoms with Crippen molar-refractivity contribution in [2.24, 2.45) is 5.92 Å². The lowest BCUT2D eigenvalue weighted by Crippen LogP contribution is -2.47. The van der Waals surface area contributed by atoms with Gasteiger partial charge >= 0.3 is 5.97 Å². The molecule has 0 bridgehead atoms. The summed E-state index contributed by atoms with van der Waals surface area (Å²) in [6.45, 7) is 2.73. The molecule has 0 aliphatic carbocycles. The number of ether oxygens (including phenoxy) is 1. The standard InChI is InChI=1S/C12H16N2O3/c1-17-12(16)11-4-2-3-10(13-11)7-14-5-9(6-14)8-15/h2-4,9,15H,5-8H2,1H3. The van der Waals surface area contributed by atoms with Crippen molar-refractivity contribution in [3.05, 3.63) is 29.6 Å². The van der Waals surface area contributed by atoms with Crippen LogP contribution in [0.3, 0.4) is 0 Å². The highest BCUT2D eigenvalue weighted by atomic mass is 16.5. The van der Waals surface area contributed by atoms with E-state index in [4.69, 9.17) is 5.11 Å². The summed E-state index contributed by atoms with van der Waals surface area (Å²) in [5, 5.41) is 8.92. The van der Waals surface area contributed by atoms with Crippen molar-refractivity contribution < 1.29 is 14.6 Å². The second-order valence-electron chi connectivity index (χ2n) is 4.25. The van der Waals surface area contributed by atoms with E-state index < -0.39 is 5.97 Å². The first-order chi connectivity index (χ1) is 8.22. The molecule has 1 aliphatic rings. The third kappa shape index (κ3) is 2.81. The molecule has 1 N–H and O–H groups in total. The van der Waals surface area contributed by atoms with Gasteiger partial charge in [0.1, 0.15) is 5.69 Å². The average Bonchev–Trinajstić information content (AvgIpc) is 2.32. The molecule has 0 unspecified atom stereocenters. The zero-order valence-electron chi connectivity index (χ0n) is 9.80. The zero-order valence-corrected chi connectivity index (χ0v) is 9.80. The van der Waals surface area contributed by atoms with Crippen LogP contribution in [0.1, 0.15) is 16.2 Å². The first-order valence-electron chi connectivity index (χ1n) is 5.60. The fourth-order valence-electron chi connectivity index (χ4n) is 1.94. The van der Waals surface area contributed by atoms with Crippen LogP contribution in [-0.2, 0) is 11.3 Å². The number of rotatable bonds is 4. The van der Waals surface area contributed by atoms with Gasteiger partial charge in [0.25, 0.3) is 0 Å². The minimum absolute atomic E-state index is 0.242. The topological polar surface area (TPSA) is 62.7 Å². The number of hydrogen-bond acceptors (Lipinski definition) is 5. The Bertz CT molecular complexity index is 402. The molecule has 0 amide bonds. The second-order valence-corrected chi connectivity index (χ2v) is 4.25. The Morgan fingerprint density at radius 3 is 3.00 bits per heavy atom. The van der Waals surface area contributed by atoms with Crippen LogP contribution >= 0.6 is 0 Å². The molecular formula is C12H16N2O3. The maximum atomic E-state index is 11.3. The van der Waals surface area contributed by atoms with Gasteiger partial charge in [-0.15, -0.1) is 0 Å². The molecule has 2 rings (SSSR count). The van der Waals surface area contributed by atoms with Crippen LogP contribution < -0.4 is 0 Å². The van der Waals surface area contributed by atoms with Crippen LogP contribution in [0.4, 0.5) is 0 Å². The van der Waals surface area contributed by atoms with E-state index in [2.05, 4.69) is 14.6 Å². The number of methoxy groups -OCH3 is 1. The number of aromatic nitrogens is 1. The van der Waals surface area contributed by atoms with Crippen LogP contribution in [0.2, 0.25) is 0 Å². The van der Waals surface area contributed by atoms with Crippen LogP contribution in [0.25, 0.3) is 0 Å². The van der Waals surface area contributed by atoms with Gasteiger partial charge in [-0.25, -0.2) is 9.78 Å². The summed E-state index contributed by atoms with van der Waals surface area (Å²) in [7, 11) is 1.35. The van der Waals surface area contributed by atoms with Gasteiger partial charge in [0.2, 0.25) is 0 Å². The van der Waals surface area contributed by atoms with Gasteiger partial charge in [-0.2, -0.15) is 0 Å². The number of likely N-dealkylation sites (tertiary alicyclic amines) is 1. The Balaban J connectivity index is 1.95. The van der Waals surface area contributed by atoms with Gasteiger partial charge in [-0.3, -0.25) is 4.90 Å². The van der Waals surface area contributed by atoms with E-state index in [9.17, 15) is 4.79 Å². The van der Waals surface area contributed by atoms with E-state index in [1.807, 2.05) is 6.07 Å². The number of carbonyl (C=O) groups is 1. The lowest BCUT2D eigenvalue weighted by atomic mass is 10.0. The SMILES string of the molecule is COC(=O)c1cccc(CN2CC(CO)C2)n1. The number of pyridine rings is 1. The Morgan fingerprint density at radius 2 is 2.35 bits per heavy atom. The second kappa shape index (κ2) is 5.25. The molecule has 5 nitrogen and oxygen atoms in total. The summed E-state index contributed by atoms with van der Waals surface area (Å²) < 4.78 is 4.62. The molecule has 0 radical (unpaired) electrons. The molecule has 0 atom stereocenters. The lowest BCUT2D eigenvalue weighted by Gasteiger charge is -2.37. The normalized spacial score (nSPS) is 16.6. The van der Waals surface area contributed by atoms with Crippen molar-refractivity contribution in [2.75, 3.05) is 26.8 Å².